The van der Waals surface area contributed by atoms with E-state index in [9.17, 15) is 4.79 Å². The van der Waals surface area contributed by atoms with Gasteiger partial charge in [-0.1, -0.05) is 6.92 Å². The summed E-state index contributed by atoms with van der Waals surface area (Å²) in [5.74, 6) is -0.295. The molecular formula is C12H20N4O3. The average molecular weight is 268 g/mol. The number of methoxy groups -OCH3 is 1. The van der Waals surface area contributed by atoms with E-state index in [4.69, 9.17) is 15.2 Å². The number of hydrogen-bond acceptors (Lipinski definition) is 5. The zero-order chi connectivity index (χ0) is 13.9. The van der Waals surface area contributed by atoms with Crippen molar-refractivity contribution < 1.29 is 14.3 Å². The second-order valence-corrected chi connectivity index (χ2v) is 4.69. The largest absolute Gasteiger partial charge is 0.395 e. The molecule has 1 aromatic heterocycles. The Morgan fingerprint density at radius 3 is 3.00 bits per heavy atom. The molecule has 2 rings (SSSR count). The molecule has 1 amide bonds. The first kappa shape index (κ1) is 13.8. The molecule has 1 atom stereocenters. The predicted octanol–water partition coefficient (Wildman–Crippen LogP) is 0.0896. The highest BCUT2D eigenvalue weighted by molar-refractivity contribution is 5.97. The van der Waals surface area contributed by atoms with Crippen LogP contribution in [0.25, 0.3) is 0 Å². The first-order valence-electron chi connectivity index (χ1n) is 6.35. The number of aromatic nitrogens is 2. The van der Waals surface area contributed by atoms with Crippen molar-refractivity contribution in [3.05, 3.63) is 11.4 Å². The summed E-state index contributed by atoms with van der Waals surface area (Å²) in [5, 5.41) is 9.51. The number of aryl methyl sites for hydroxylation is 1. The molecule has 7 nitrogen and oxygen atoms in total. The van der Waals surface area contributed by atoms with Gasteiger partial charge in [-0.3, -0.25) is 9.89 Å². The van der Waals surface area contributed by atoms with Crippen molar-refractivity contribution in [2.45, 2.75) is 25.4 Å². The van der Waals surface area contributed by atoms with Gasteiger partial charge in [0, 0.05) is 26.7 Å². The molecule has 1 fully saturated rings. The van der Waals surface area contributed by atoms with Gasteiger partial charge < -0.3 is 20.5 Å². The number of H-pyrrole nitrogens is 1. The van der Waals surface area contributed by atoms with Gasteiger partial charge in [0.05, 0.1) is 18.0 Å². The summed E-state index contributed by atoms with van der Waals surface area (Å²) >= 11 is 0. The van der Waals surface area contributed by atoms with Gasteiger partial charge in [0.15, 0.2) is 5.69 Å². The van der Waals surface area contributed by atoms with Gasteiger partial charge in [0.25, 0.3) is 5.91 Å². The number of nitrogens with two attached hydrogens (primary N) is 1. The summed E-state index contributed by atoms with van der Waals surface area (Å²) < 4.78 is 10.8. The van der Waals surface area contributed by atoms with Gasteiger partial charge in [0.2, 0.25) is 0 Å². The van der Waals surface area contributed by atoms with Gasteiger partial charge in [-0.15, -0.1) is 0 Å². The lowest BCUT2D eigenvalue weighted by atomic mass is 10.0. The zero-order valence-electron chi connectivity index (χ0n) is 11.3. The lowest BCUT2D eigenvalue weighted by Gasteiger charge is -2.25. The molecule has 0 aromatic carbocycles. The van der Waals surface area contributed by atoms with Gasteiger partial charge in [-0.25, -0.2) is 0 Å². The van der Waals surface area contributed by atoms with Crippen LogP contribution in [0.15, 0.2) is 0 Å². The van der Waals surface area contributed by atoms with E-state index >= 15 is 0 Å². The van der Waals surface area contributed by atoms with Crippen LogP contribution in [-0.2, 0) is 15.9 Å². The number of aromatic amines is 1. The third-order valence-corrected chi connectivity index (χ3v) is 3.52. The molecule has 0 bridgehead atoms. The van der Waals surface area contributed by atoms with Crippen LogP contribution >= 0.6 is 0 Å². The van der Waals surface area contributed by atoms with Crippen molar-refractivity contribution in [2.24, 2.45) is 0 Å². The third kappa shape index (κ3) is 2.71. The molecule has 0 radical (unpaired) electrons. The van der Waals surface area contributed by atoms with E-state index in [2.05, 4.69) is 15.5 Å². The Kier molecular flexibility index (Phi) is 4.06. The number of carbonyl (C=O) groups is 1. The minimum atomic E-state index is -0.436. The molecule has 0 spiro atoms. The zero-order valence-corrected chi connectivity index (χ0v) is 11.3. The number of nitrogen functional groups attached to an aromatic ring is 1. The number of anilines is 1. The molecule has 0 aliphatic carbocycles. The number of nitrogens with one attached hydrogen (secondary N) is 2. The Bertz CT molecular complexity index is 452. The van der Waals surface area contributed by atoms with Gasteiger partial charge in [-0.2, -0.15) is 5.10 Å². The summed E-state index contributed by atoms with van der Waals surface area (Å²) in [7, 11) is 1.62. The minimum Gasteiger partial charge on any atom is -0.395 e. The number of ether oxygens (including phenoxy) is 2. The Hall–Kier alpha value is -1.60. The fraction of sp³-hybridized carbons (Fsp3) is 0.667. The number of nitrogens with zero attached hydrogens (tertiary/aromatic N) is 1. The molecule has 1 aliphatic heterocycles. The third-order valence-electron chi connectivity index (χ3n) is 3.52. The standard InChI is InChI=1S/C12H20N4O3/c1-3-8-9(13)10(16-15-8)11(17)14-6-12(18-2)4-5-19-7-12/h3-7,13H2,1-2H3,(H,14,17)(H,15,16). The van der Waals surface area contributed by atoms with Crippen LogP contribution in [0.2, 0.25) is 0 Å². The second kappa shape index (κ2) is 5.58. The smallest absolute Gasteiger partial charge is 0.274 e. The monoisotopic (exact) mass is 268 g/mol. The maximum atomic E-state index is 12.0. The molecule has 0 saturated carbocycles. The Morgan fingerprint density at radius 2 is 2.47 bits per heavy atom. The minimum absolute atomic E-state index is 0.238. The first-order valence-corrected chi connectivity index (χ1v) is 6.35. The molecule has 7 heteroatoms. The van der Waals surface area contributed by atoms with Crippen molar-refractivity contribution in [1.82, 2.24) is 15.5 Å². The van der Waals surface area contributed by atoms with E-state index in [0.717, 1.165) is 12.1 Å². The SMILES string of the molecule is CCc1[nH]nc(C(=O)NCC2(OC)CCOC2)c1N. The molecule has 2 heterocycles. The highest BCUT2D eigenvalue weighted by Gasteiger charge is 2.35. The van der Waals surface area contributed by atoms with Crippen LogP contribution in [0.4, 0.5) is 5.69 Å². The normalized spacial score (nSPS) is 22.6. The maximum Gasteiger partial charge on any atom is 0.274 e. The summed E-state index contributed by atoms with van der Waals surface area (Å²) in [6, 6.07) is 0. The molecule has 1 aromatic rings. The Morgan fingerprint density at radius 1 is 1.68 bits per heavy atom. The maximum absolute atomic E-state index is 12.0. The van der Waals surface area contributed by atoms with Crippen LogP contribution in [0.5, 0.6) is 0 Å². The molecular weight excluding hydrogens is 248 g/mol. The van der Waals surface area contributed by atoms with Crippen molar-refractivity contribution in [2.75, 3.05) is 32.6 Å². The molecule has 106 valence electrons. The van der Waals surface area contributed by atoms with Crippen molar-refractivity contribution in [1.29, 1.82) is 0 Å². The number of carbonyl (C=O) groups excluding carboxylic acids is 1. The van der Waals surface area contributed by atoms with Crippen molar-refractivity contribution in [3.8, 4) is 0 Å². The molecule has 19 heavy (non-hydrogen) atoms. The summed E-state index contributed by atoms with van der Waals surface area (Å²) in [6.07, 6.45) is 1.47. The molecule has 4 N–H and O–H groups in total. The molecule has 1 unspecified atom stereocenters. The number of rotatable bonds is 5. The van der Waals surface area contributed by atoms with Gasteiger partial charge in [0.1, 0.15) is 5.60 Å². The highest BCUT2D eigenvalue weighted by Crippen LogP contribution is 2.22. The van der Waals surface area contributed by atoms with Crippen molar-refractivity contribution in [3.63, 3.8) is 0 Å². The summed E-state index contributed by atoms with van der Waals surface area (Å²) in [5.41, 5.74) is 6.84. The molecule has 1 saturated heterocycles. The highest BCUT2D eigenvalue weighted by atomic mass is 16.5. The van der Waals surface area contributed by atoms with Crippen LogP contribution in [0, 0.1) is 0 Å². The van der Waals surface area contributed by atoms with Crippen LogP contribution in [-0.4, -0.2) is 48.6 Å². The Labute approximate surface area is 111 Å². The lowest BCUT2D eigenvalue weighted by Crippen LogP contribution is -2.45. The van der Waals surface area contributed by atoms with E-state index in [1.165, 1.54) is 0 Å². The fourth-order valence-corrected chi connectivity index (χ4v) is 2.12. The topological polar surface area (TPSA) is 102 Å². The first-order chi connectivity index (χ1) is 9.12. The number of amides is 1. The second-order valence-electron chi connectivity index (χ2n) is 4.69. The van der Waals surface area contributed by atoms with E-state index in [1.54, 1.807) is 7.11 Å². The summed E-state index contributed by atoms with van der Waals surface area (Å²) in [6.45, 7) is 3.46. The van der Waals surface area contributed by atoms with Crippen LogP contribution in [0.3, 0.4) is 0 Å². The molecule has 1 aliphatic rings. The quantitative estimate of drug-likeness (QED) is 0.702. The van der Waals surface area contributed by atoms with E-state index < -0.39 is 5.60 Å². The van der Waals surface area contributed by atoms with Gasteiger partial charge >= 0.3 is 0 Å². The lowest BCUT2D eigenvalue weighted by molar-refractivity contribution is -0.0149. The van der Waals surface area contributed by atoms with E-state index in [-0.39, 0.29) is 11.6 Å². The Balaban J connectivity index is 1.99. The van der Waals surface area contributed by atoms with Crippen LogP contribution in [0.1, 0.15) is 29.5 Å². The summed E-state index contributed by atoms with van der Waals surface area (Å²) in [4.78, 5) is 12.0. The van der Waals surface area contributed by atoms with Crippen LogP contribution < -0.4 is 11.1 Å². The fourth-order valence-electron chi connectivity index (χ4n) is 2.12. The van der Waals surface area contributed by atoms with Crippen molar-refractivity contribution >= 4 is 11.6 Å². The predicted molar refractivity (Wildman–Crippen MR) is 69.9 cm³/mol. The van der Waals surface area contributed by atoms with E-state index in [0.29, 0.717) is 31.9 Å². The number of hydrogen-bond donors (Lipinski definition) is 3. The van der Waals surface area contributed by atoms with Gasteiger partial charge in [-0.05, 0) is 6.42 Å². The van der Waals surface area contributed by atoms with E-state index in [1.807, 2.05) is 6.92 Å². The average Bonchev–Trinajstić information content (AvgIpc) is 3.03.